The summed E-state index contributed by atoms with van der Waals surface area (Å²) in [7, 11) is 1.67. The van der Waals surface area contributed by atoms with Gasteiger partial charge in [0.1, 0.15) is 11.5 Å². The Morgan fingerprint density at radius 3 is 2.55 bits per heavy atom. The number of hydrogen-bond donors (Lipinski definition) is 2. The van der Waals surface area contributed by atoms with Crippen molar-refractivity contribution < 1.29 is 9.84 Å². The van der Waals surface area contributed by atoms with Crippen molar-refractivity contribution in [3.63, 3.8) is 0 Å². The van der Waals surface area contributed by atoms with Crippen molar-refractivity contribution in [2.75, 3.05) is 13.7 Å². The van der Waals surface area contributed by atoms with Gasteiger partial charge in [0.2, 0.25) is 0 Å². The van der Waals surface area contributed by atoms with Gasteiger partial charge >= 0.3 is 0 Å². The van der Waals surface area contributed by atoms with Crippen LogP contribution in [0.15, 0.2) is 48.5 Å². The summed E-state index contributed by atoms with van der Waals surface area (Å²) in [5.74, 6) is 1.20. The molecule has 0 bridgehead atoms. The summed E-state index contributed by atoms with van der Waals surface area (Å²) in [6, 6.07) is 15.7. The van der Waals surface area contributed by atoms with E-state index in [0.717, 1.165) is 24.3 Å². The molecule has 0 saturated heterocycles. The molecule has 0 fully saturated rings. The van der Waals surface area contributed by atoms with E-state index in [2.05, 4.69) is 24.4 Å². The molecule has 0 aromatic heterocycles. The monoisotopic (exact) mass is 271 g/mol. The summed E-state index contributed by atoms with van der Waals surface area (Å²) in [5.41, 5.74) is 2.38. The third-order valence-corrected chi connectivity index (χ3v) is 3.39. The number of phenolic OH excluding ortho intramolecular Hbond substituents is 1. The molecule has 0 heterocycles. The van der Waals surface area contributed by atoms with Gasteiger partial charge in [-0.3, -0.25) is 0 Å². The number of aromatic hydroxyl groups is 1. The Hall–Kier alpha value is -2.00. The Morgan fingerprint density at radius 1 is 1.15 bits per heavy atom. The molecule has 1 atom stereocenters. The van der Waals surface area contributed by atoms with Crippen LogP contribution in [0, 0.1) is 0 Å². The molecule has 2 aromatic carbocycles. The van der Waals surface area contributed by atoms with Crippen LogP contribution >= 0.6 is 0 Å². The largest absolute Gasteiger partial charge is 0.508 e. The van der Waals surface area contributed by atoms with E-state index in [4.69, 9.17) is 4.74 Å². The molecule has 0 aliphatic heterocycles. The highest BCUT2D eigenvalue weighted by Crippen LogP contribution is 2.18. The van der Waals surface area contributed by atoms with E-state index in [1.165, 1.54) is 5.56 Å². The van der Waals surface area contributed by atoms with Crippen LogP contribution in [-0.2, 0) is 6.42 Å². The number of rotatable bonds is 6. The lowest BCUT2D eigenvalue weighted by Crippen LogP contribution is -2.21. The summed E-state index contributed by atoms with van der Waals surface area (Å²) in [6.07, 6.45) is 0.965. The molecule has 1 unspecified atom stereocenters. The molecule has 0 radical (unpaired) electrons. The van der Waals surface area contributed by atoms with Crippen LogP contribution in [0.25, 0.3) is 0 Å². The summed E-state index contributed by atoms with van der Waals surface area (Å²) < 4.78 is 5.14. The van der Waals surface area contributed by atoms with Crippen molar-refractivity contribution >= 4 is 0 Å². The molecule has 106 valence electrons. The van der Waals surface area contributed by atoms with Crippen LogP contribution in [0.5, 0.6) is 11.5 Å². The van der Waals surface area contributed by atoms with Crippen molar-refractivity contribution in [1.82, 2.24) is 5.32 Å². The maximum absolute atomic E-state index is 9.48. The summed E-state index contributed by atoms with van der Waals surface area (Å²) in [4.78, 5) is 0. The van der Waals surface area contributed by atoms with E-state index in [1.54, 1.807) is 19.2 Å². The van der Waals surface area contributed by atoms with E-state index < -0.39 is 0 Å². The zero-order valence-corrected chi connectivity index (χ0v) is 12.0. The van der Waals surface area contributed by atoms with Gasteiger partial charge in [-0.2, -0.15) is 0 Å². The van der Waals surface area contributed by atoms with Gasteiger partial charge < -0.3 is 15.2 Å². The molecule has 3 heteroatoms. The second kappa shape index (κ2) is 6.96. The predicted molar refractivity (Wildman–Crippen MR) is 81.2 cm³/mol. The molecule has 3 nitrogen and oxygen atoms in total. The smallest absolute Gasteiger partial charge is 0.118 e. The van der Waals surface area contributed by atoms with Crippen LogP contribution in [0.2, 0.25) is 0 Å². The number of phenols is 1. The zero-order chi connectivity index (χ0) is 14.4. The Kier molecular flexibility index (Phi) is 5.02. The standard InChI is InChI=1S/C17H21NO2/c1-13(15-4-3-5-16(19)12-15)18-11-10-14-6-8-17(20-2)9-7-14/h3-9,12-13,18-19H,10-11H2,1-2H3. The van der Waals surface area contributed by atoms with Gasteiger partial charge in [-0.1, -0.05) is 24.3 Å². The van der Waals surface area contributed by atoms with Crippen molar-refractivity contribution in [3.8, 4) is 11.5 Å². The molecule has 0 aliphatic rings. The maximum Gasteiger partial charge on any atom is 0.118 e. The number of nitrogens with one attached hydrogen (secondary N) is 1. The number of hydrogen-bond acceptors (Lipinski definition) is 3. The van der Waals surface area contributed by atoms with E-state index >= 15 is 0 Å². The fraction of sp³-hybridized carbons (Fsp3) is 0.294. The summed E-state index contributed by atoms with van der Waals surface area (Å²) in [5, 5.41) is 12.9. The molecule has 0 amide bonds. The average Bonchev–Trinajstić information content (AvgIpc) is 2.48. The lowest BCUT2D eigenvalue weighted by molar-refractivity contribution is 0.414. The molecule has 0 saturated carbocycles. The molecule has 0 aliphatic carbocycles. The van der Waals surface area contributed by atoms with Crippen LogP contribution < -0.4 is 10.1 Å². The lowest BCUT2D eigenvalue weighted by atomic mass is 10.1. The van der Waals surface area contributed by atoms with Crippen LogP contribution in [0.4, 0.5) is 0 Å². The number of methoxy groups -OCH3 is 1. The van der Waals surface area contributed by atoms with Gasteiger partial charge in [0, 0.05) is 6.04 Å². The Morgan fingerprint density at radius 2 is 1.90 bits per heavy atom. The first-order chi connectivity index (χ1) is 9.69. The number of ether oxygens (including phenoxy) is 1. The van der Waals surface area contributed by atoms with E-state index in [-0.39, 0.29) is 6.04 Å². The lowest BCUT2D eigenvalue weighted by Gasteiger charge is -2.14. The fourth-order valence-corrected chi connectivity index (χ4v) is 2.14. The molecule has 2 aromatic rings. The maximum atomic E-state index is 9.48. The van der Waals surface area contributed by atoms with Gasteiger partial charge in [-0.15, -0.1) is 0 Å². The second-order valence-electron chi connectivity index (χ2n) is 4.87. The quantitative estimate of drug-likeness (QED) is 0.847. The predicted octanol–water partition coefficient (Wildman–Crippen LogP) is 3.29. The Balaban J connectivity index is 1.82. The third kappa shape index (κ3) is 4.00. The van der Waals surface area contributed by atoms with Crippen molar-refractivity contribution in [3.05, 3.63) is 59.7 Å². The minimum absolute atomic E-state index is 0.223. The third-order valence-electron chi connectivity index (χ3n) is 3.39. The van der Waals surface area contributed by atoms with Gasteiger partial charge in [0.05, 0.1) is 7.11 Å². The van der Waals surface area contributed by atoms with Crippen LogP contribution in [0.3, 0.4) is 0 Å². The van der Waals surface area contributed by atoms with Crippen molar-refractivity contribution in [2.24, 2.45) is 0 Å². The molecule has 0 spiro atoms. The van der Waals surface area contributed by atoms with Crippen molar-refractivity contribution in [1.29, 1.82) is 0 Å². The summed E-state index contributed by atoms with van der Waals surface area (Å²) >= 11 is 0. The van der Waals surface area contributed by atoms with Crippen LogP contribution in [-0.4, -0.2) is 18.8 Å². The molecule has 20 heavy (non-hydrogen) atoms. The van der Waals surface area contributed by atoms with E-state index in [9.17, 15) is 5.11 Å². The normalized spacial score (nSPS) is 12.1. The van der Waals surface area contributed by atoms with Gasteiger partial charge in [0.25, 0.3) is 0 Å². The van der Waals surface area contributed by atoms with Crippen molar-refractivity contribution in [2.45, 2.75) is 19.4 Å². The van der Waals surface area contributed by atoms with Gasteiger partial charge in [0.15, 0.2) is 0 Å². The zero-order valence-electron chi connectivity index (χ0n) is 12.0. The van der Waals surface area contributed by atoms with E-state index in [1.807, 2.05) is 24.3 Å². The SMILES string of the molecule is COc1ccc(CCNC(C)c2cccc(O)c2)cc1. The molecular formula is C17H21NO2. The highest BCUT2D eigenvalue weighted by molar-refractivity contribution is 5.29. The second-order valence-corrected chi connectivity index (χ2v) is 4.87. The first-order valence-corrected chi connectivity index (χ1v) is 6.84. The summed E-state index contributed by atoms with van der Waals surface area (Å²) in [6.45, 7) is 2.99. The average molecular weight is 271 g/mol. The van der Waals surface area contributed by atoms with Gasteiger partial charge in [-0.05, 0) is 55.3 Å². The minimum Gasteiger partial charge on any atom is -0.508 e. The molecular weight excluding hydrogens is 250 g/mol. The van der Waals surface area contributed by atoms with Crippen LogP contribution in [0.1, 0.15) is 24.1 Å². The minimum atomic E-state index is 0.223. The van der Waals surface area contributed by atoms with Gasteiger partial charge in [-0.25, -0.2) is 0 Å². The molecule has 2 rings (SSSR count). The fourth-order valence-electron chi connectivity index (χ4n) is 2.14. The topological polar surface area (TPSA) is 41.5 Å². The Bertz CT molecular complexity index is 537. The highest BCUT2D eigenvalue weighted by Gasteiger charge is 2.05. The molecule has 2 N–H and O–H groups in total. The first kappa shape index (κ1) is 14.4. The first-order valence-electron chi connectivity index (χ1n) is 6.84. The number of benzene rings is 2. The van der Waals surface area contributed by atoms with E-state index in [0.29, 0.717) is 5.75 Å². The highest BCUT2D eigenvalue weighted by atomic mass is 16.5. The Labute approximate surface area is 120 Å².